The second-order valence-corrected chi connectivity index (χ2v) is 7.46. The third-order valence-corrected chi connectivity index (χ3v) is 5.60. The first-order chi connectivity index (χ1) is 10.3. The number of aromatic carboxylic acids is 1. The Bertz CT molecular complexity index is 716. The Morgan fingerprint density at radius 1 is 1.36 bits per heavy atom. The van der Waals surface area contributed by atoms with Crippen LogP contribution >= 0.6 is 22.7 Å². The molecule has 0 atom stereocenters. The van der Waals surface area contributed by atoms with Gasteiger partial charge in [0.1, 0.15) is 9.88 Å². The standard InChI is InChI=1S/C15H18N2O3S2/c1-5-9-8(4)21-14(11(9)15(19)20)17-12(18)10-6-16-13(22-10)7(2)3/h6-7H,5H2,1-4H3,(H,17,18)(H,19,20). The fourth-order valence-electron chi connectivity index (χ4n) is 2.14. The van der Waals surface area contributed by atoms with Crippen LogP contribution in [0.2, 0.25) is 0 Å². The lowest BCUT2D eigenvalue weighted by molar-refractivity contribution is 0.0697. The van der Waals surface area contributed by atoms with Gasteiger partial charge in [-0.1, -0.05) is 20.8 Å². The molecule has 7 heteroatoms. The van der Waals surface area contributed by atoms with Crippen LogP contribution in [0.3, 0.4) is 0 Å². The Morgan fingerprint density at radius 2 is 2.05 bits per heavy atom. The molecule has 0 bridgehead atoms. The summed E-state index contributed by atoms with van der Waals surface area (Å²) in [5.74, 6) is -1.06. The van der Waals surface area contributed by atoms with Crippen LogP contribution in [0.5, 0.6) is 0 Å². The summed E-state index contributed by atoms with van der Waals surface area (Å²) >= 11 is 2.63. The Balaban J connectivity index is 2.30. The largest absolute Gasteiger partial charge is 0.478 e. The van der Waals surface area contributed by atoms with E-state index in [-0.39, 0.29) is 17.4 Å². The lowest BCUT2D eigenvalue weighted by Crippen LogP contribution is -2.12. The van der Waals surface area contributed by atoms with Crippen LogP contribution in [-0.4, -0.2) is 22.0 Å². The molecule has 0 saturated carbocycles. The number of carboxylic acids is 1. The number of thiophene rings is 1. The second-order valence-electron chi connectivity index (χ2n) is 5.17. The first-order valence-electron chi connectivity index (χ1n) is 6.97. The molecule has 2 heterocycles. The summed E-state index contributed by atoms with van der Waals surface area (Å²) in [4.78, 5) is 29.4. The fraction of sp³-hybridized carbons (Fsp3) is 0.400. The van der Waals surface area contributed by atoms with Gasteiger partial charge in [-0.05, 0) is 18.9 Å². The van der Waals surface area contributed by atoms with E-state index in [1.165, 1.54) is 28.9 Å². The molecular weight excluding hydrogens is 320 g/mol. The Labute approximate surface area is 137 Å². The number of aryl methyl sites for hydroxylation is 1. The van der Waals surface area contributed by atoms with Gasteiger partial charge in [0.05, 0.1) is 16.8 Å². The lowest BCUT2D eigenvalue weighted by atomic mass is 10.1. The molecular formula is C15H18N2O3S2. The van der Waals surface area contributed by atoms with E-state index in [1.807, 2.05) is 27.7 Å². The zero-order chi connectivity index (χ0) is 16.4. The number of rotatable bonds is 5. The van der Waals surface area contributed by atoms with Crippen LogP contribution in [0.25, 0.3) is 0 Å². The van der Waals surface area contributed by atoms with E-state index < -0.39 is 5.97 Å². The van der Waals surface area contributed by atoms with Crippen molar-refractivity contribution >= 4 is 39.6 Å². The monoisotopic (exact) mass is 338 g/mol. The van der Waals surface area contributed by atoms with Gasteiger partial charge in [0, 0.05) is 10.8 Å². The fourth-order valence-corrected chi connectivity index (χ4v) is 4.09. The molecule has 0 aliphatic carbocycles. The molecule has 2 N–H and O–H groups in total. The molecule has 0 aliphatic rings. The number of aromatic nitrogens is 1. The molecule has 0 aliphatic heterocycles. The summed E-state index contributed by atoms with van der Waals surface area (Å²) < 4.78 is 0. The van der Waals surface area contributed by atoms with E-state index >= 15 is 0 Å². The second kappa shape index (κ2) is 6.58. The molecule has 2 rings (SSSR count). The van der Waals surface area contributed by atoms with Crippen molar-refractivity contribution in [3.63, 3.8) is 0 Å². The van der Waals surface area contributed by atoms with Crippen molar-refractivity contribution in [3.8, 4) is 0 Å². The molecule has 5 nitrogen and oxygen atoms in total. The van der Waals surface area contributed by atoms with Crippen molar-refractivity contribution < 1.29 is 14.7 Å². The Morgan fingerprint density at radius 3 is 2.55 bits per heavy atom. The number of hydrogen-bond donors (Lipinski definition) is 2. The van der Waals surface area contributed by atoms with Gasteiger partial charge in [-0.15, -0.1) is 22.7 Å². The van der Waals surface area contributed by atoms with Crippen molar-refractivity contribution in [2.75, 3.05) is 5.32 Å². The van der Waals surface area contributed by atoms with Gasteiger partial charge in [0.2, 0.25) is 0 Å². The highest BCUT2D eigenvalue weighted by atomic mass is 32.1. The first-order valence-corrected chi connectivity index (χ1v) is 8.61. The highest BCUT2D eigenvalue weighted by molar-refractivity contribution is 7.17. The number of thiazole rings is 1. The molecule has 0 spiro atoms. The van der Waals surface area contributed by atoms with E-state index in [9.17, 15) is 14.7 Å². The van der Waals surface area contributed by atoms with Gasteiger partial charge < -0.3 is 10.4 Å². The zero-order valence-corrected chi connectivity index (χ0v) is 14.5. The van der Waals surface area contributed by atoms with Crippen molar-refractivity contribution in [2.24, 2.45) is 0 Å². The van der Waals surface area contributed by atoms with Crippen LogP contribution in [-0.2, 0) is 6.42 Å². The predicted molar refractivity (Wildman–Crippen MR) is 89.5 cm³/mol. The number of carboxylic acid groups (broad SMARTS) is 1. The van der Waals surface area contributed by atoms with Crippen molar-refractivity contribution in [2.45, 2.75) is 40.0 Å². The summed E-state index contributed by atoms with van der Waals surface area (Å²) in [6.45, 7) is 7.80. The SMILES string of the molecule is CCc1c(C)sc(NC(=O)c2cnc(C(C)C)s2)c1C(=O)O. The Hall–Kier alpha value is -1.73. The summed E-state index contributed by atoms with van der Waals surface area (Å²) in [6.07, 6.45) is 2.16. The van der Waals surface area contributed by atoms with Gasteiger partial charge >= 0.3 is 5.97 Å². The highest BCUT2D eigenvalue weighted by Gasteiger charge is 2.23. The molecule has 0 radical (unpaired) electrons. The number of carbonyl (C=O) groups is 2. The Kier molecular flexibility index (Phi) is 4.97. The van der Waals surface area contributed by atoms with Gasteiger partial charge in [-0.2, -0.15) is 0 Å². The van der Waals surface area contributed by atoms with Gasteiger partial charge in [-0.25, -0.2) is 9.78 Å². The number of carbonyl (C=O) groups excluding carboxylic acids is 1. The summed E-state index contributed by atoms with van der Waals surface area (Å²) in [5, 5.41) is 13.4. The van der Waals surface area contributed by atoms with Gasteiger partial charge in [-0.3, -0.25) is 4.79 Å². The molecule has 1 amide bonds. The third-order valence-electron chi connectivity index (χ3n) is 3.24. The molecule has 0 aromatic carbocycles. The molecule has 2 aromatic rings. The van der Waals surface area contributed by atoms with Crippen LogP contribution in [0.1, 0.15) is 62.2 Å². The molecule has 22 heavy (non-hydrogen) atoms. The topological polar surface area (TPSA) is 79.3 Å². The van der Waals surface area contributed by atoms with Gasteiger partial charge in [0.25, 0.3) is 5.91 Å². The zero-order valence-electron chi connectivity index (χ0n) is 12.9. The van der Waals surface area contributed by atoms with Gasteiger partial charge in [0.15, 0.2) is 0 Å². The lowest BCUT2D eigenvalue weighted by Gasteiger charge is -2.03. The minimum Gasteiger partial charge on any atom is -0.478 e. The number of amides is 1. The maximum Gasteiger partial charge on any atom is 0.339 e. The summed E-state index contributed by atoms with van der Waals surface area (Å²) in [5.41, 5.74) is 0.979. The van der Waals surface area contributed by atoms with E-state index in [0.717, 1.165) is 15.4 Å². The smallest absolute Gasteiger partial charge is 0.339 e. The summed E-state index contributed by atoms with van der Waals surface area (Å²) in [7, 11) is 0. The first kappa shape index (κ1) is 16.6. The maximum absolute atomic E-state index is 12.3. The van der Waals surface area contributed by atoms with E-state index in [4.69, 9.17) is 0 Å². The van der Waals surface area contributed by atoms with Crippen molar-refractivity contribution in [3.05, 3.63) is 32.1 Å². The minimum atomic E-state index is -1.01. The third kappa shape index (κ3) is 3.20. The average Bonchev–Trinajstić information content (AvgIpc) is 3.03. The number of nitrogens with zero attached hydrogens (tertiary/aromatic N) is 1. The molecule has 0 unspecified atom stereocenters. The van der Waals surface area contributed by atoms with E-state index in [2.05, 4.69) is 10.3 Å². The van der Waals surface area contributed by atoms with Crippen LogP contribution < -0.4 is 5.32 Å². The molecule has 118 valence electrons. The number of hydrogen-bond acceptors (Lipinski definition) is 5. The van der Waals surface area contributed by atoms with E-state index in [1.54, 1.807) is 0 Å². The maximum atomic E-state index is 12.3. The van der Waals surface area contributed by atoms with Crippen LogP contribution in [0, 0.1) is 6.92 Å². The predicted octanol–water partition coefficient (Wildman–Crippen LogP) is 4.15. The number of nitrogens with one attached hydrogen (secondary N) is 1. The molecule has 0 saturated heterocycles. The van der Waals surface area contributed by atoms with Crippen molar-refractivity contribution in [1.29, 1.82) is 0 Å². The molecule has 2 aromatic heterocycles. The highest BCUT2D eigenvalue weighted by Crippen LogP contribution is 2.34. The summed E-state index contributed by atoms with van der Waals surface area (Å²) in [6, 6.07) is 0. The van der Waals surface area contributed by atoms with Crippen LogP contribution in [0.15, 0.2) is 6.20 Å². The average molecular weight is 338 g/mol. The molecule has 0 fully saturated rings. The van der Waals surface area contributed by atoms with E-state index in [0.29, 0.717) is 16.3 Å². The quantitative estimate of drug-likeness (QED) is 0.858. The number of anilines is 1. The minimum absolute atomic E-state index is 0.201. The van der Waals surface area contributed by atoms with Crippen molar-refractivity contribution in [1.82, 2.24) is 4.98 Å². The van der Waals surface area contributed by atoms with Crippen LogP contribution in [0.4, 0.5) is 5.00 Å². The normalized spacial score (nSPS) is 11.0.